The van der Waals surface area contributed by atoms with Gasteiger partial charge in [-0.1, -0.05) is 18.1 Å². The fourth-order valence-electron chi connectivity index (χ4n) is 3.11. The lowest BCUT2D eigenvalue weighted by Crippen LogP contribution is -2.49. The molecule has 0 atom stereocenters. The van der Waals surface area contributed by atoms with Crippen LogP contribution in [0, 0.1) is 0 Å². The van der Waals surface area contributed by atoms with Crippen LogP contribution in [-0.4, -0.2) is 51.8 Å². The van der Waals surface area contributed by atoms with Gasteiger partial charge in [-0.25, -0.2) is 0 Å². The van der Waals surface area contributed by atoms with E-state index >= 15 is 0 Å². The minimum atomic E-state index is 0.0541. The highest BCUT2D eigenvalue weighted by atomic mass is 16.4. The first kappa shape index (κ1) is 16.4. The van der Waals surface area contributed by atoms with Gasteiger partial charge in [-0.2, -0.15) is 0 Å². The molecule has 1 aliphatic rings. The van der Waals surface area contributed by atoms with Crippen molar-refractivity contribution in [2.45, 2.75) is 13.3 Å². The Morgan fingerprint density at radius 2 is 1.85 bits per heavy atom. The van der Waals surface area contributed by atoms with E-state index in [1.165, 1.54) is 0 Å². The number of carbonyl (C=O) groups is 1. The quantitative estimate of drug-likeness (QED) is 0.722. The molecular formula is C19H21N5O2. The van der Waals surface area contributed by atoms with Crippen LogP contribution in [0.2, 0.25) is 0 Å². The predicted octanol–water partition coefficient (Wildman–Crippen LogP) is 2.39. The fourth-order valence-corrected chi connectivity index (χ4v) is 3.11. The van der Waals surface area contributed by atoms with Gasteiger partial charge in [0, 0.05) is 56.2 Å². The summed E-state index contributed by atoms with van der Waals surface area (Å²) in [4.78, 5) is 16.8. The Labute approximate surface area is 151 Å². The van der Waals surface area contributed by atoms with E-state index in [1.807, 2.05) is 70.1 Å². The summed E-state index contributed by atoms with van der Waals surface area (Å²) >= 11 is 0. The number of amides is 1. The van der Waals surface area contributed by atoms with E-state index in [4.69, 9.17) is 4.42 Å². The van der Waals surface area contributed by atoms with E-state index in [0.29, 0.717) is 43.6 Å². The van der Waals surface area contributed by atoms with Crippen LogP contribution in [-0.2, 0) is 6.42 Å². The lowest BCUT2D eigenvalue weighted by Gasteiger charge is -2.33. The highest BCUT2D eigenvalue weighted by molar-refractivity contribution is 5.95. The van der Waals surface area contributed by atoms with Crippen LogP contribution >= 0.6 is 0 Å². The van der Waals surface area contributed by atoms with Gasteiger partial charge in [-0.05, 0) is 30.3 Å². The van der Waals surface area contributed by atoms with Crippen LogP contribution < -0.4 is 4.90 Å². The molecule has 0 radical (unpaired) electrons. The maximum absolute atomic E-state index is 12.9. The van der Waals surface area contributed by atoms with Crippen molar-refractivity contribution in [2.24, 2.45) is 0 Å². The molecule has 0 aliphatic carbocycles. The molecule has 0 bridgehead atoms. The Morgan fingerprint density at radius 3 is 2.54 bits per heavy atom. The zero-order valence-electron chi connectivity index (χ0n) is 14.7. The molecule has 0 saturated carbocycles. The van der Waals surface area contributed by atoms with Gasteiger partial charge in [0.1, 0.15) is 0 Å². The van der Waals surface area contributed by atoms with Gasteiger partial charge >= 0.3 is 6.01 Å². The summed E-state index contributed by atoms with van der Waals surface area (Å²) in [6.45, 7) is 4.63. The second-order valence-electron chi connectivity index (χ2n) is 6.25. The van der Waals surface area contributed by atoms with Gasteiger partial charge in [-0.15, -0.1) is 5.10 Å². The number of aromatic nitrogens is 3. The summed E-state index contributed by atoms with van der Waals surface area (Å²) < 4.78 is 7.60. The minimum Gasteiger partial charge on any atom is -0.408 e. The number of nitrogens with zero attached hydrogens (tertiary/aromatic N) is 5. The van der Waals surface area contributed by atoms with Gasteiger partial charge in [-0.3, -0.25) is 4.79 Å². The average Bonchev–Trinajstić information content (AvgIpc) is 3.39. The van der Waals surface area contributed by atoms with Crippen LogP contribution in [0.4, 0.5) is 6.01 Å². The van der Waals surface area contributed by atoms with Crippen molar-refractivity contribution in [3.8, 4) is 5.69 Å². The zero-order valence-corrected chi connectivity index (χ0v) is 14.7. The van der Waals surface area contributed by atoms with Gasteiger partial charge in [0.25, 0.3) is 5.91 Å². The van der Waals surface area contributed by atoms with E-state index < -0.39 is 0 Å². The van der Waals surface area contributed by atoms with Crippen LogP contribution in [0.3, 0.4) is 0 Å². The van der Waals surface area contributed by atoms with Gasteiger partial charge in [0.15, 0.2) is 0 Å². The summed E-state index contributed by atoms with van der Waals surface area (Å²) in [6, 6.07) is 12.2. The molecule has 7 nitrogen and oxygen atoms in total. The third-order valence-electron chi connectivity index (χ3n) is 4.59. The summed E-state index contributed by atoms with van der Waals surface area (Å²) in [5, 5.41) is 8.09. The maximum atomic E-state index is 12.9. The molecule has 1 saturated heterocycles. The summed E-state index contributed by atoms with van der Waals surface area (Å²) in [6.07, 6.45) is 4.66. The highest BCUT2D eigenvalue weighted by Gasteiger charge is 2.25. The Hall–Kier alpha value is -3.09. The SMILES string of the molecule is CCc1nnc(N2CCN(C(=O)c3cccc(-n4cccc4)c3)CC2)o1. The van der Waals surface area contributed by atoms with Gasteiger partial charge in [0.05, 0.1) is 0 Å². The first-order chi connectivity index (χ1) is 12.7. The zero-order chi connectivity index (χ0) is 17.9. The van der Waals surface area contributed by atoms with Crippen molar-refractivity contribution in [1.29, 1.82) is 0 Å². The molecule has 1 aliphatic heterocycles. The van der Waals surface area contributed by atoms with E-state index in [0.717, 1.165) is 12.1 Å². The predicted molar refractivity (Wildman–Crippen MR) is 97.6 cm³/mol. The number of aryl methyl sites for hydroxylation is 1. The molecule has 0 spiro atoms. The summed E-state index contributed by atoms with van der Waals surface area (Å²) in [7, 11) is 0. The smallest absolute Gasteiger partial charge is 0.318 e. The largest absolute Gasteiger partial charge is 0.408 e. The summed E-state index contributed by atoms with van der Waals surface area (Å²) in [5.41, 5.74) is 1.69. The van der Waals surface area contributed by atoms with Crippen molar-refractivity contribution < 1.29 is 9.21 Å². The molecule has 0 unspecified atom stereocenters. The third kappa shape index (κ3) is 3.20. The molecule has 4 rings (SSSR count). The fraction of sp³-hybridized carbons (Fsp3) is 0.316. The number of anilines is 1. The lowest BCUT2D eigenvalue weighted by molar-refractivity contribution is 0.0745. The molecule has 1 aromatic carbocycles. The van der Waals surface area contributed by atoms with Crippen molar-refractivity contribution in [3.05, 3.63) is 60.2 Å². The van der Waals surface area contributed by atoms with E-state index in [2.05, 4.69) is 10.2 Å². The van der Waals surface area contributed by atoms with Gasteiger partial charge in [0.2, 0.25) is 5.89 Å². The molecule has 3 aromatic rings. The van der Waals surface area contributed by atoms with Gasteiger partial charge < -0.3 is 18.8 Å². The Balaban J connectivity index is 1.43. The molecule has 26 heavy (non-hydrogen) atoms. The van der Waals surface area contributed by atoms with Crippen molar-refractivity contribution in [3.63, 3.8) is 0 Å². The molecule has 7 heteroatoms. The van der Waals surface area contributed by atoms with E-state index in [-0.39, 0.29) is 5.91 Å². The van der Waals surface area contributed by atoms with Crippen LogP contribution in [0.1, 0.15) is 23.2 Å². The molecule has 1 amide bonds. The molecule has 2 aromatic heterocycles. The third-order valence-corrected chi connectivity index (χ3v) is 4.59. The first-order valence-electron chi connectivity index (χ1n) is 8.84. The first-order valence-corrected chi connectivity index (χ1v) is 8.84. The van der Waals surface area contributed by atoms with Crippen molar-refractivity contribution in [2.75, 3.05) is 31.1 Å². The van der Waals surface area contributed by atoms with E-state index in [9.17, 15) is 4.79 Å². The molecule has 3 heterocycles. The lowest BCUT2D eigenvalue weighted by atomic mass is 10.1. The summed E-state index contributed by atoms with van der Waals surface area (Å²) in [5.74, 6) is 0.693. The molecular weight excluding hydrogens is 330 g/mol. The molecule has 134 valence electrons. The number of rotatable bonds is 4. The Kier molecular flexibility index (Phi) is 4.43. The monoisotopic (exact) mass is 351 g/mol. The number of benzene rings is 1. The van der Waals surface area contributed by atoms with Crippen LogP contribution in [0.15, 0.2) is 53.2 Å². The number of carbonyl (C=O) groups excluding carboxylic acids is 1. The maximum Gasteiger partial charge on any atom is 0.318 e. The average molecular weight is 351 g/mol. The Morgan fingerprint density at radius 1 is 1.08 bits per heavy atom. The van der Waals surface area contributed by atoms with Crippen molar-refractivity contribution in [1.82, 2.24) is 19.7 Å². The number of hydrogen-bond acceptors (Lipinski definition) is 5. The molecule has 0 N–H and O–H groups in total. The standard InChI is InChI=1S/C19H21N5O2/c1-2-17-20-21-19(26-17)24-12-10-23(11-13-24)18(25)15-6-5-7-16(14-15)22-8-3-4-9-22/h3-9,14H,2,10-13H2,1H3. The van der Waals surface area contributed by atoms with E-state index in [1.54, 1.807) is 0 Å². The number of piperazine rings is 1. The van der Waals surface area contributed by atoms with Crippen LogP contribution in [0.25, 0.3) is 5.69 Å². The minimum absolute atomic E-state index is 0.0541. The Bertz CT molecular complexity index is 879. The van der Waals surface area contributed by atoms with Crippen LogP contribution in [0.5, 0.6) is 0 Å². The highest BCUT2D eigenvalue weighted by Crippen LogP contribution is 2.17. The number of hydrogen-bond donors (Lipinski definition) is 0. The molecule has 1 fully saturated rings. The second-order valence-corrected chi connectivity index (χ2v) is 6.25. The second kappa shape index (κ2) is 7.03. The van der Waals surface area contributed by atoms with Crippen molar-refractivity contribution >= 4 is 11.9 Å². The topological polar surface area (TPSA) is 67.4 Å². The normalized spacial score (nSPS) is 14.7.